The number of carbonyl (C=O) groups is 3. The summed E-state index contributed by atoms with van der Waals surface area (Å²) in [6, 6.07) is 9.37. The SMILES string of the molecule is CCSC1=C(c2ccc(NC(C)=O)cc2)C(=O)N(c2ccc(F)c(F)c2)C1=O. The van der Waals surface area contributed by atoms with Crippen LogP contribution in [0.2, 0.25) is 0 Å². The van der Waals surface area contributed by atoms with E-state index in [2.05, 4.69) is 5.32 Å². The van der Waals surface area contributed by atoms with Crippen molar-refractivity contribution < 1.29 is 23.2 Å². The van der Waals surface area contributed by atoms with Crippen LogP contribution in [0.15, 0.2) is 47.4 Å². The van der Waals surface area contributed by atoms with Crippen molar-refractivity contribution >= 4 is 46.4 Å². The second kappa shape index (κ2) is 7.93. The minimum Gasteiger partial charge on any atom is -0.326 e. The van der Waals surface area contributed by atoms with E-state index in [-0.39, 0.29) is 22.1 Å². The lowest BCUT2D eigenvalue weighted by Gasteiger charge is -2.15. The smallest absolute Gasteiger partial charge is 0.272 e. The summed E-state index contributed by atoms with van der Waals surface area (Å²) >= 11 is 1.20. The Bertz CT molecular complexity index is 1000. The molecule has 144 valence electrons. The van der Waals surface area contributed by atoms with E-state index in [1.807, 2.05) is 6.92 Å². The molecule has 2 aromatic rings. The van der Waals surface area contributed by atoms with Crippen LogP contribution in [0.5, 0.6) is 0 Å². The number of hydrogen-bond acceptors (Lipinski definition) is 4. The third-order valence-electron chi connectivity index (χ3n) is 3.99. The van der Waals surface area contributed by atoms with Gasteiger partial charge in [-0.05, 0) is 35.6 Å². The largest absolute Gasteiger partial charge is 0.326 e. The molecule has 2 aromatic carbocycles. The quantitative estimate of drug-likeness (QED) is 0.769. The molecule has 3 rings (SSSR count). The second-order valence-corrected chi connectivity index (χ2v) is 7.21. The maximum absolute atomic E-state index is 13.6. The highest BCUT2D eigenvalue weighted by atomic mass is 32.2. The minimum absolute atomic E-state index is 0.0343. The van der Waals surface area contributed by atoms with Crippen molar-refractivity contribution in [3.8, 4) is 0 Å². The van der Waals surface area contributed by atoms with Gasteiger partial charge in [-0.3, -0.25) is 14.4 Å². The summed E-state index contributed by atoms with van der Waals surface area (Å²) in [5, 5.41) is 2.63. The Morgan fingerprint density at radius 2 is 1.71 bits per heavy atom. The zero-order chi connectivity index (χ0) is 20.4. The summed E-state index contributed by atoms with van der Waals surface area (Å²) in [4.78, 5) is 38.1. The number of thioether (sulfide) groups is 1. The Balaban J connectivity index is 2.02. The summed E-state index contributed by atoms with van der Waals surface area (Å²) in [6.07, 6.45) is 0. The van der Waals surface area contributed by atoms with Crippen LogP contribution < -0.4 is 10.2 Å². The van der Waals surface area contributed by atoms with Gasteiger partial charge in [0.15, 0.2) is 11.6 Å². The molecular formula is C20H16F2N2O3S. The molecule has 8 heteroatoms. The van der Waals surface area contributed by atoms with Crippen LogP contribution in [-0.2, 0) is 14.4 Å². The maximum Gasteiger partial charge on any atom is 0.272 e. The number of rotatable bonds is 5. The predicted octanol–water partition coefficient (Wildman–Crippen LogP) is 3.96. The van der Waals surface area contributed by atoms with Crippen LogP contribution >= 0.6 is 11.8 Å². The molecule has 0 spiro atoms. The molecule has 0 aliphatic carbocycles. The average Bonchev–Trinajstić information content (AvgIpc) is 2.88. The number of halogens is 2. The van der Waals surface area contributed by atoms with Crippen molar-refractivity contribution in [2.45, 2.75) is 13.8 Å². The number of benzene rings is 2. The molecule has 0 fully saturated rings. The van der Waals surface area contributed by atoms with Gasteiger partial charge < -0.3 is 5.32 Å². The first-order chi connectivity index (χ1) is 13.3. The van der Waals surface area contributed by atoms with E-state index < -0.39 is 23.4 Å². The van der Waals surface area contributed by atoms with Crippen molar-refractivity contribution in [1.29, 1.82) is 0 Å². The first kappa shape index (κ1) is 19.8. The van der Waals surface area contributed by atoms with Crippen LogP contribution in [-0.4, -0.2) is 23.5 Å². The van der Waals surface area contributed by atoms with Gasteiger partial charge in [0.2, 0.25) is 5.91 Å². The number of anilines is 2. The van der Waals surface area contributed by atoms with Gasteiger partial charge in [-0.1, -0.05) is 19.1 Å². The number of nitrogens with zero attached hydrogens (tertiary/aromatic N) is 1. The normalized spacial score (nSPS) is 14.1. The third kappa shape index (κ3) is 3.68. The van der Waals surface area contributed by atoms with E-state index in [4.69, 9.17) is 0 Å². The molecule has 0 aromatic heterocycles. The molecular weight excluding hydrogens is 386 g/mol. The van der Waals surface area contributed by atoms with Crippen molar-refractivity contribution in [1.82, 2.24) is 0 Å². The van der Waals surface area contributed by atoms with Gasteiger partial charge >= 0.3 is 0 Å². The molecule has 1 aliphatic heterocycles. The fraction of sp³-hybridized carbons (Fsp3) is 0.150. The van der Waals surface area contributed by atoms with E-state index in [0.717, 1.165) is 17.0 Å². The molecule has 0 atom stereocenters. The molecule has 0 saturated heterocycles. The first-order valence-electron chi connectivity index (χ1n) is 8.42. The Labute approximate surface area is 164 Å². The molecule has 1 heterocycles. The molecule has 1 N–H and O–H groups in total. The molecule has 1 aliphatic rings. The van der Waals surface area contributed by atoms with Gasteiger partial charge in [0.05, 0.1) is 16.2 Å². The van der Waals surface area contributed by atoms with Gasteiger partial charge in [0.25, 0.3) is 11.8 Å². The molecule has 3 amide bonds. The Morgan fingerprint density at radius 1 is 1.04 bits per heavy atom. The van der Waals surface area contributed by atoms with Crippen LogP contribution in [0.1, 0.15) is 19.4 Å². The number of carbonyl (C=O) groups excluding carboxylic acids is 3. The zero-order valence-electron chi connectivity index (χ0n) is 15.1. The number of hydrogen-bond donors (Lipinski definition) is 1. The lowest BCUT2D eigenvalue weighted by Crippen LogP contribution is -2.31. The number of imide groups is 1. The molecule has 0 bridgehead atoms. The van der Waals surface area contributed by atoms with Crippen LogP contribution in [0.4, 0.5) is 20.2 Å². The standard InChI is InChI=1S/C20H16F2N2O3S/c1-3-28-18-17(12-4-6-13(7-5-12)23-11(2)25)19(26)24(20(18)27)14-8-9-15(21)16(22)10-14/h4-10H,3H2,1-2H3,(H,23,25). The lowest BCUT2D eigenvalue weighted by molar-refractivity contribution is -0.120. The van der Waals surface area contributed by atoms with Crippen molar-refractivity contribution in [3.63, 3.8) is 0 Å². The summed E-state index contributed by atoms with van der Waals surface area (Å²) < 4.78 is 26.9. The highest BCUT2D eigenvalue weighted by Gasteiger charge is 2.40. The Hall–Kier alpha value is -3.00. The minimum atomic E-state index is -1.14. The average molecular weight is 402 g/mol. The van der Waals surface area contributed by atoms with Crippen molar-refractivity contribution in [2.75, 3.05) is 16.0 Å². The number of amides is 3. The van der Waals surface area contributed by atoms with Crippen molar-refractivity contribution in [3.05, 3.63) is 64.6 Å². The molecule has 28 heavy (non-hydrogen) atoms. The summed E-state index contributed by atoms with van der Waals surface area (Å²) in [5.74, 6) is -3.08. The summed E-state index contributed by atoms with van der Waals surface area (Å²) in [7, 11) is 0. The first-order valence-corrected chi connectivity index (χ1v) is 9.41. The highest BCUT2D eigenvalue weighted by Crippen LogP contribution is 2.38. The topological polar surface area (TPSA) is 66.5 Å². The monoisotopic (exact) mass is 402 g/mol. The summed E-state index contributed by atoms with van der Waals surface area (Å²) in [5.41, 5.74) is 1.20. The van der Waals surface area contributed by atoms with Gasteiger partial charge in [0, 0.05) is 18.7 Å². The second-order valence-electron chi connectivity index (χ2n) is 5.94. The Morgan fingerprint density at radius 3 is 2.29 bits per heavy atom. The van der Waals surface area contributed by atoms with Gasteiger partial charge in [0.1, 0.15) is 0 Å². The molecule has 0 radical (unpaired) electrons. The molecule has 0 unspecified atom stereocenters. The van der Waals surface area contributed by atoms with E-state index in [9.17, 15) is 23.2 Å². The van der Waals surface area contributed by atoms with E-state index in [1.165, 1.54) is 24.8 Å². The number of nitrogens with one attached hydrogen (secondary N) is 1. The Kier molecular flexibility index (Phi) is 5.60. The van der Waals surface area contributed by atoms with Gasteiger partial charge in [-0.15, -0.1) is 11.8 Å². The van der Waals surface area contributed by atoms with Crippen LogP contribution in [0, 0.1) is 11.6 Å². The van der Waals surface area contributed by atoms with Crippen molar-refractivity contribution in [2.24, 2.45) is 0 Å². The predicted molar refractivity (Wildman–Crippen MR) is 105 cm³/mol. The van der Waals surface area contributed by atoms with Crippen LogP contribution in [0.25, 0.3) is 5.57 Å². The van der Waals surface area contributed by atoms with E-state index in [1.54, 1.807) is 24.3 Å². The van der Waals surface area contributed by atoms with Gasteiger partial charge in [-0.25, -0.2) is 13.7 Å². The zero-order valence-corrected chi connectivity index (χ0v) is 15.9. The fourth-order valence-corrected chi connectivity index (χ4v) is 3.68. The van der Waals surface area contributed by atoms with Gasteiger partial charge in [-0.2, -0.15) is 0 Å². The van der Waals surface area contributed by atoms with E-state index in [0.29, 0.717) is 17.0 Å². The molecule has 0 saturated carbocycles. The lowest BCUT2D eigenvalue weighted by atomic mass is 10.1. The van der Waals surface area contributed by atoms with Crippen LogP contribution in [0.3, 0.4) is 0 Å². The summed E-state index contributed by atoms with van der Waals surface area (Å²) in [6.45, 7) is 3.22. The third-order valence-corrected chi connectivity index (χ3v) is 4.94. The molecule has 5 nitrogen and oxygen atoms in total. The maximum atomic E-state index is 13.6. The highest BCUT2D eigenvalue weighted by molar-refractivity contribution is 8.04. The fourth-order valence-electron chi connectivity index (χ4n) is 2.82. The van der Waals surface area contributed by atoms with E-state index >= 15 is 0 Å².